The normalized spacial score (nSPS) is 17.0. The Labute approximate surface area is 207 Å². The van der Waals surface area contributed by atoms with Crippen LogP contribution in [-0.2, 0) is 9.59 Å². The molecule has 1 saturated heterocycles. The average Bonchev–Trinajstić information content (AvgIpc) is 3.28. The molecule has 1 heterocycles. The van der Waals surface area contributed by atoms with Crippen molar-refractivity contribution in [2.24, 2.45) is 11.0 Å². The first-order valence-corrected chi connectivity index (χ1v) is 11.4. The summed E-state index contributed by atoms with van der Waals surface area (Å²) in [5.41, 5.74) is 4.09. The number of benzene rings is 3. The smallest absolute Gasteiger partial charge is 0.343 e. The molecule has 0 radical (unpaired) electrons. The standard InChI is InChI=1S/C27H24FN3O5/c1-2-35-23-14-17(8-13-22(23)36-27(34)19-9-11-20(28)12-10-19)15-30-31-26(33)24-21(16-29-25(24)32)18-6-4-3-5-7-18/h3-15,21,24H,2,16H2,1H3,(H,29,32)(H,31,33)/b30-15+/t21-,24-/m1/s1. The topological polar surface area (TPSA) is 106 Å². The number of hydrogen-bond acceptors (Lipinski definition) is 6. The van der Waals surface area contributed by atoms with Crippen LogP contribution in [0.1, 0.15) is 34.3 Å². The van der Waals surface area contributed by atoms with E-state index in [0.29, 0.717) is 24.5 Å². The van der Waals surface area contributed by atoms with E-state index in [2.05, 4.69) is 15.8 Å². The number of carbonyl (C=O) groups excluding carboxylic acids is 3. The van der Waals surface area contributed by atoms with E-state index in [-0.39, 0.29) is 23.1 Å². The van der Waals surface area contributed by atoms with Crippen molar-refractivity contribution in [2.75, 3.05) is 13.2 Å². The van der Waals surface area contributed by atoms with E-state index in [4.69, 9.17) is 9.47 Å². The third-order valence-electron chi connectivity index (χ3n) is 5.63. The van der Waals surface area contributed by atoms with Crippen molar-refractivity contribution in [1.82, 2.24) is 10.7 Å². The molecular weight excluding hydrogens is 465 g/mol. The van der Waals surface area contributed by atoms with Gasteiger partial charge in [0.1, 0.15) is 11.7 Å². The molecule has 0 bridgehead atoms. The van der Waals surface area contributed by atoms with E-state index in [1.54, 1.807) is 19.1 Å². The Morgan fingerprint density at radius 1 is 1.08 bits per heavy atom. The molecule has 3 aromatic rings. The highest BCUT2D eigenvalue weighted by Crippen LogP contribution is 2.30. The Bertz CT molecular complexity index is 1280. The van der Waals surface area contributed by atoms with E-state index >= 15 is 0 Å². The van der Waals surface area contributed by atoms with Crippen LogP contribution in [0.25, 0.3) is 0 Å². The zero-order valence-electron chi connectivity index (χ0n) is 19.4. The number of carbonyl (C=O) groups is 3. The van der Waals surface area contributed by atoms with Gasteiger partial charge in [0.05, 0.1) is 18.4 Å². The number of nitrogens with zero attached hydrogens (tertiary/aromatic N) is 1. The van der Waals surface area contributed by atoms with Crippen LogP contribution in [-0.4, -0.2) is 37.1 Å². The molecule has 9 heteroatoms. The number of halogens is 1. The van der Waals surface area contributed by atoms with Crippen molar-refractivity contribution in [3.05, 3.63) is 95.3 Å². The Balaban J connectivity index is 1.43. The fraction of sp³-hybridized carbons (Fsp3) is 0.185. The molecular formula is C27H24FN3O5. The van der Waals surface area contributed by atoms with Crippen molar-refractivity contribution in [3.8, 4) is 11.5 Å². The first-order valence-electron chi connectivity index (χ1n) is 11.4. The van der Waals surface area contributed by atoms with Gasteiger partial charge in [-0.3, -0.25) is 9.59 Å². The van der Waals surface area contributed by atoms with Crippen molar-refractivity contribution in [1.29, 1.82) is 0 Å². The minimum absolute atomic E-state index is 0.181. The molecule has 2 N–H and O–H groups in total. The Kier molecular flexibility index (Phi) is 7.69. The van der Waals surface area contributed by atoms with Crippen LogP contribution < -0.4 is 20.2 Å². The largest absolute Gasteiger partial charge is 0.490 e. The zero-order chi connectivity index (χ0) is 25.5. The highest BCUT2D eigenvalue weighted by molar-refractivity contribution is 6.03. The van der Waals surface area contributed by atoms with Gasteiger partial charge < -0.3 is 14.8 Å². The van der Waals surface area contributed by atoms with Gasteiger partial charge in [0.2, 0.25) is 5.91 Å². The quantitative estimate of drug-likeness (QED) is 0.166. The van der Waals surface area contributed by atoms with Gasteiger partial charge in [0.25, 0.3) is 5.91 Å². The average molecular weight is 490 g/mol. The first kappa shape index (κ1) is 24.6. The van der Waals surface area contributed by atoms with E-state index in [0.717, 1.165) is 5.56 Å². The highest BCUT2D eigenvalue weighted by Gasteiger charge is 2.40. The number of nitrogens with one attached hydrogen (secondary N) is 2. The maximum Gasteiger partial charge on any atom is 0.343 e. The summed E-state index contributed by atoms with van der Waals surface area (Å²) in [6, 6.07) is 19.1. The summed E-state index contributed by atoms with van der Waals surface area (Å²) in [6.45, 7) is 2.47. The van der Waals surface area contributed by atoms with Crippen molar-refractivity contribution in [2.45, 2.75) is 12.8 Å². The molecule has 4 rings (SSSR count). The lowest BCUT2D eigenvalue weighted by Crippen LogP contribution is -2.34. The van der Waals surface area contributed by atoms with Gasteiger partial charge in [-0.1, -0.05) is 30.3 Å². The first-order chi connectivity index (χ1) is 17.5. The molecule has 1 fully saturated rings. The molecule has 8 nitrogen and oxygen atoms in total. The minimum Gasteiger partial charge on any atom is -0.490 e. The Morgan fingerprint density at radius 2 is 1.83 bits per heavy atom. The summed E-state index contributed by atoms with van der Waals surface area (Å²) in [5.74, 6) is -2.67. The molecule has 0 unspecified atom stereocenters. The molecule has 36 heavy (non-hydrogen) atoms. The summed E-state index contributed by atoms with van der Waals surface area (Å²) in [5, 5.41) is 6.73. The molecule has 1 aliphatic rings. The molecule has 2 amide bonds. The van der Waals surface area contributed by atoms with Crippen LogP contribution in [0.15, 0.2) is 77.9 Å². The van der Waals surface area contributed by atoms with Gasteiger partial charge in [0, 0.05) is 12.5 Å². The number of hydrazone groups is 1. The lowest BCUT2D eigenvalue weighted by Gasteiger charge is -2.15. The number of rotatable bonds is 8. The van der Waals surface area contributed by atoms with Crippen LogP contribution in [0.2, 0.25) is 0 Å². The van der Waals surface area contributed by atoms with E-state index in [1.165, 1.54) is 36.5 Å². The lowest BCUT2D eigenvalue weighted by molar-refractivity contribution is -0.133. The van der Waals surface area contributed by atoms with Crippen molar-refractivity contribution < 1.29 is 28.2 Å². The number of amides is 2. The van der Waals surface area contributed by atoms with E-state index in [1.807, 2.05) is 30.3 Å². The van der Waals surface area contributed by atoms with Crippen LogP contribution in [0.3, 0.4) is 0 Å². The van der Waals surface area contributed by atoms with Crippen LogP contribution in [0, 0.1) is 11.7 Å². The third-order valence-corrected chi connectivity index (χ3v) is 5.63. The number of ether oxygens (including phenoxy) is 2. The zero-order valence-corrected chi connectivity index (χ0v) is 19.4. The fourth-order valence-electron chi connectivity index (χ4n) is 3.88. The Hall–Kier alpha value is -4.53. The van der Waals surface area contributed by atoms with Crippen molar-refractivity contribution in [3.63, 3.8) is 0 Å². The maximum atomic E-state index is 13.1. The van der Waals surface area contributed by atoms with Crippen LogP contribution in [0.5, 0.6) is 11.5 Å². The molecule has 184 valence electrons. The third kappa shape index (κ3) is 5.75. The lowest BCUT2D eigenvalue weighted by atomic mass is 9.88. The van der Waals surface area contributed by atoms with E-state index < -0.39 is 23.6 Å². The van der Waals surface area contributed by atoms with Crippen LogP contribution in [0.4, 0.5) is 4.39 Å². The predicted molar refractivity (Wildman–Crippen MR) is 130 cm³/mol. The predicted octanol–water partition coefficient (Wildman–Crippen LogP) is 3.42. The summed E-state index contributed by atoms with van der Waals surface area (Å²) >= 11 is 0. The monoisotopic (exact) mass is 489 g/mol. The van der Waals surface area contributed by atoms with Gasteiger partial charge in [-0.2, -0.15) is 5.10 Å². The second-order valence-electron chi connectivity index (χ2n) is 8.01. The number of esters is 1. The molecule has 2 atom stereocenters. The van der Waals surface area contributed by atoms with Gasteiger partial charge in [0.15, 0.2) is 11.5 Å². The maximum absolute atomic E-state index is 13.1. The van der Waals surface area contributed by atoms with Gasteiger partial charge in [-0.05, 0) is 60.5 Å². The van der Waals surface area contributed by atoms with Crippen LogP contribution >= 0.6 is 0 Å². The SMILES string of the molecule is CCOc1cc(/C=N/NC(=O)[C@H]2C(=O)NC[C@@H]2c2ccccc2)ccc1OC(=O)c1ccc(F)cc1. The van der Waals surface area contributed by atoms with Gasteiger partial charge in [-0.15, -0.1) is 0 Å². The molecule has 0 aliphatic carbocycles. The van der Waals surface area contributed by atoms with E-state index in [9.17, 15) is 18.8 Å². The summed E-state index contributed by atoms with van der Waals surface area (Å²) < 4.78 is 24.1. The number of hydrogen-bond donors (Lipinski definition) is 2. The van der Waals surface area contributed by atoms with Gasteiger partial charge in [-0.25, -0.2) is 14.6 Å². The summed E-state index contributed by atoms with van der Waals surface area (Å²) in [4.78, 5) is 37.4. The Morgan fingerprint density at radius 3 is 2.56 bits per heavy atom. The molecule has 3 aromatic carbocycles. The summed E-state index contributed by atoms with van der Waals surface area (Å²) in [6.07, 6.45) is 1.40. The minimum atomic E-state index is -0.892. The fourth-order valence-corrected chi connectivity index (χ4v) is 3.88. The summed E-state index contributed by atoms with van der Waals surface area (Å²) in [7, 11) is 0. The second-order valence-corrected chi connectivity index (χ2v) is 8.01. The molecule has 0 spiro atoms. The second kappa shape index (κ2) is 11.3. The molecule has 1 aliphatic heterocycles. The van der Waals surface area contributed by atoms with Crippen molar-refractivity contribution >= 4 is 24.0 Å². The van der Waals surface area contributed by atoms with Gasteiger partial charge >= 0.3 is 5.97 Å². The molecule has 0 saturated carbocycles. The highest BCUT2D eigenvalue weighted by atomic mass is 19.1. The molecule has 0 aromatic heterocycles.